The van der Waals surface area contributed by atoms with Crippen molar-refractivity contribution in [1.29, 1.82) is 0 Å². The van der Waals surface area contributed by atoms with Crippen LogP contribution in [-0.2, 0) is 12.8 Å². The Morgan fingerprint density at radius 3 is 2.76 bits per heavy atom. The van der Waals surface area contributed by atoms with Gasteiger partial charge in [-0.15, -0.1) is 0 Å². The lowest BCUT2D eigenvalue weighted by Crippen LogP contribution is -2.15. The summed E-state index contributed by atoms with van der Waals surface area (Å²) in [6, 6.07) is 7.79. The molecule has 0 bridgehead atoms. The largest absolute Gasteiger partial charge is 0.493 e. The molecule has 0 fully saturated rings. The molecule has 2 aromatic carbocycles. The fourth-order valence-electron chi connectivity index (χ4n) is 2.65. The van der Waals surface area contributed by atoms with Gasteiger partial charge < -0.3 is 10.5 Å². The maximum atomic E-state index is 13.9. The van der Waals surface area contributed by atoms with Crippen LogP contribution in [0.2, 0.25) is 10.0 Å². The van der Waals surface area contributed by atoms with Crippen LogP contribution in [0.1, 0.15) is 22.7 Å². The van der Waals surface area contributed by atoms with Gasteiger partial charge in [0.05, 0.1) is 6.61 Å². The summed E-state index contributed by atoms with van der Waals surface area (Å²) in [5.41, 5.74) is 8.57. The molecule has 1 unspecified atom stereocenters. The second kappa shape index (κ2) is 5.84. The van der Waals surface area contributed by atoms with Gasteiger partial charge in [-0.25, -0.2) is 4.39 Å². The topological polar surface area (TPSA) is 35.2 Å². The molecule has 1 heterocycles. The van der Waals surface area contributed by atoms with Crippen LogP contribution in [0.5, 0.6) is 5.75 Å². The van der Waals surface area contributed by atoms with Crippen molar-refractivity contribution in [3.63, 3.8) is 0 Å². The van der Waals surface area contributed by atoms with Gasteiger partial charge in [-0.05, 0) is 41.8 Å². The number of nitrogens with two attached hydrogens (primary N) is 1. The van der Waals surface area contributed by atoms with E-state index in [0.717, 1.165) is 23.3 Å². The van der Waals surface area contributed by atoms with E-state index in [0.29, 0.717) is 28.6 Å². The maximum absolute atomic E-state index is 13.9. The Morgan fingerprint density at radius 2 is 2.00 bits per heavy atom. The summed E-state index contributed by atoms with van der Waals surface area (Å²) in [4.78, 5) is 0. The Kier molecular flexibility index (Phi) is 4.07. The predicted octanol–water partition coefficient (Wildman–Crippen LogP) is 4.31. The first-order chi connectivity index (χ1) is 10.0. The zero-order chi connectivity index (χ0) is 15.0. The van der Waals surface area contributed by atoms with Crippen LogP contribution in [-0.4, -0.2) is 6.61 Å². The second-order valence-electron chi connectivity index (χ2n) is 5.13. The minimum Gasteiger partial charge on any atom is -0.493 e. The summed E-state index contributed by atoms with van der Waals surface area (Å²) < 4.78 is 19.6. The van der Waals surface area contributed by atoms with E-state index in [1.165, 1.54) is 6.07 Å². The first kappa shape index (κ1) is 14.6. The van der Waals surface area contributed by atoms with Crippen LogP contribution < -0.4 is 10.5 Å². The number of fused-ring (bicyclic) bond motifs is 1. The molecular weight excluding hydrogens is 312 g/mol. The Labute approximate surface area is 132 Å². The van der Waals surface area contributed by atoms with Gasteiger partial charge in [0.15, 0.2) is 0 Å². The van der Waals surface area contributed by atoms with Crippen LogP contribution >= 0.6 is 23.2 Å². The smallest absolute Gasteiger partial charge is 0.129 e. The Balaban J connectivity index is 1.90. The molecule has 2 aromatic rings. The van der Waals surface area contributed by atoms with E-state index in [1.807, 2.05) is 12.1 Å². The van der Waals surface area contributed by atoms with E-state index in [-0.39, 0.29) is 0 Å². The SMILES string of the molecule is NC(Cc1cc(Cl)cc2c1OCC2)c1ccc(Cl)cc1F. The predicted molar refractivity (Wildman–Crippen MR) is 82.7 cm³/mol. The molecule has 2 N–H and O–H groups in total. The minimum atomic E-state index is -0.478. The molecule has 1 aliphatic rings. The highest BCUT2D eigenvalue weighted by molar-refractivity contribution is 6.31. The van der Waals surface area contributed by atoms with Crippen molar-refractivity contribution in [3.8, 4) is 5.75 Å². The van der Waals surface area contributed by atoms with Crippen LogP contribution in [0.25, 0.3) is 0 Å². The number of halogens is 3. The second-order valence-corrected chi connectivity index (χ2v) is 6.00. The van der Waals surface area contributed by atoms with Crippen molar-refractivity contribution >= 4 is 23.2 Å². The van der Waals surface area contributed by atoms with Crippen molar-refractivity contribution in [1.82, 2.24) is 0 Å². The molecule has 5 heteroatoms. The maximum Gasteiger partial charge on any atom is 0.129 e. The van der Waals surface area contributed by atoms with Crippen LogP contribution in [0.15, 0.2) is 30.3 Å². The summed E-state index contributed by atoms with van der Waals surface area (Å²) in [6.45, 7) is 0.646. The van der Waals surface area contributed by atoms with E-state index in [1.54, 1.807) is 12.1 Å². The average Bonchev–Trinajstić information content (AvgIpc) is 2.86. The molecular formula is C16H14Cl2FNO. The van der Waals surface area contributed by atoms with Crippen LogP contribution in [0.3, 0.4) is 0 Å². The van der Waals surface area contributed by atoms with Gasteiger partial charge in [-0.1, -0.05) is 29.3 Å². The first-order valence-corrected chi connectivity index (χ1v) is 7.45. The van der Waals surface area contributed by atoms with Gasteiger partial charge in [0.25, 0.3) is 0 Å². The highest BCUT2D eigenvalue weighted by Crippen LogP contribution is 2.35. The highest BCUT2D eigenvalue weighted by Gasteiger charge is 2.21. The van der Waals surface area contributed by atoms with Crippen LogP contribution in [0.4, 0.5) is 4.39 Å². The van der Waals surface area contributed by atoms with Gasteiger partial charge in [0, 0.05) is 28.1 Å². The molecule has 0 spiro atoms. The van der Waals surface area contributed by atoms with E-state index in [4.69, 9.17) is 33.7 Å². The Morgan fingerprint density at radius 1 is 1.19 bits per heavy atom. The van der Waals surface area contributed by atoms with Crippen molar-refractivity contribution in [2.45, 2.75) is 18.9 Å². The average molecular weight is 326 g/mol. The molecule has 3 rings (SSSR count). The lowest BCUT2D eigenvalue weighted by Gasteiger charge is -2.16. The van der Waals surface area contributed by atoms with E-state index in [9.17, 15) is 4.39 Å². The summed E-state index contributed by atoms with van der Waals surface area (Å²) in [5, 5.41) is 1.01. The molecule has 0 aliphatic carbocycles. The number of rotatable bonds is 3. The molecule has 1 atom stereocenters. The number of hydrogen-bond donors (Lipinski definition) is 1. The van der Waals surface area contributed by atoms with Crippen LogP contribution in [0, 0.1) is 5.82 Å². The fraction of sp³-hybridized carbons (Fsp3) is 0.250. The van der Waals surface area contributed by atoms with Gasteiger partial charge in [0.1, 0.15) is 11.6 Å². The third-order valence-corrected chi connectivity index (χ3v) is 4.08. The third kappa shape index (κ3) is 3.00. The minimum absolute atomic E-state index is 0.357. The van der Waals surface area contributed by atoms with Crippen molar-refractivity contribution in [2.75, 3.05) is 6.61 Å². The van der Waals surface area contributed by atoms with E-state index in [2.05, 4.69) is 0 Å². The van der Waals surface area contributed by atoms with Crippen molar-refractivity contribution < 1.29 is 9.13 Å². The number of ether oxygens (including phenoxy) is 1. The molecule has 1 aliphatic heterocycles. The summed E-state index contributed by atoms with van der Waals surface area (Å²) in [5.74, 6) is 0.443. The molecule has 2 nitrogen and oxygen atoms in total. The Bertz CT molecular complexity index is 690. The fourth-order valence-corrected chi connectivity index (χ4v) is 3.07. The standard InChI is InChI=1S/C16H14Cl2FNO/c17-11-1-2-13(14(19)8-11)15(20)7-10-6-12(18)5-9-3-4-21-16(9)10/h1-2,5-6,8,15H,3-4,7,20H2. The summed E-state index contributed by atoms with van der Waals surface area (Å²) in [6.07, 6.45) is 1.30. The zero-order valence-electron chi connectivity index (χ0n) is 11.2. The monoisotopic (exact) mass is 325 g/mol. The zero-order valence-corrected chi connectivity index (χ0v) is 12.7. The van der Waals surface area contributed by atoms with Gasteiger partial charge in [-0.3, -0.25) is 0 Å². The number of hydrogen-bond acceptors (Lipinski definition) is 2. The number of benzene rings is 2. The van der Waals surface area contributed by atoms with Gasteiger partial charge in [0.2, 0.25) is 0 Å². The Hall–Kier alpha value is -1.29. The van der Waals surface area contributed by atoms with E-state index < -0.39 is 11.9 Å². The molecule has 0 saturated carbocycles. The quantitative estimate of drug-likeness (QED) is 0.912. The molecule has 0 saturated heterocycles. The van der Waals surface area contributed by atoms with Gasteiger partial charge in [-0.2, -0.15) is 0 Å². The van der Waals surface area contributed by atoms with Gasteiger partial charge >= 0.3 is 0 Å². The lowest BCUT2D eigenvalue weighted by molar-refractivity contribution is 0.352. The molecule has 0 radical (unpaired) electrons. The summed E-state index contributed by atoms with van der Waals surface area (Å²) >= 11 is 11.9. The molecule has 0 aromatic heterocycles. The van der Waals surface area contributed by atoms with Crippen molar-refractivity contribution in [2.24, 2.45) is 5.73 Å². The lowest BCUT2D eigenvalue weighted by atomic mass is 9.97. The summed E-state index contributed by atoms with van der Waals surface area (Å²) in [7, 11) is 0. The molecule has 0 amide bonds. The molecule has 110 valence electrons. The first-order valence-electron chi connectivity index (χ1n) is 6.69. The van der Waals surface area contributed by atoms with Crippen molar-refractivity contribution in [3.05, 3.63) is 62.9 Å². The van der Waals surface area contributed by atoms with E-state index >= 15 is 0 Å². The third-order valence-electron chi connectivity index (χ3n) is 3.63. The molecule has 21 heavy (non-hydrogen) atoms. The normalized spacial score (nSPS) is 14.7. The highest BCUT2D eigenvalue weighted by atomic mass is 35.5.